The van der Waals surface area contributed by atoms with Crippen molar-refractivity contribution < 1.29 is 18.3 Å². The van der Waals surface area contributed by atoms with Crippen molar-refractivity contribution in [2.45, 2.75) is 25.5 Å². The molecule has 0 saturated carbocycles. The van der Waals surface area contributed by atoms with E-state index in [1.807, 2.05) is 29.5 Å². The van der Waals surface area contributed by atoms with Gasteiger partial charge >= 0.3 is 0 Å². The Morgan fingerprint density at radius 2 is 2.31 bits per heavy atom. The zero-order chi connectivity index (χ0) is 11.9. The van der Waals surface area contributed by atoms with E-state index in [9.17, 15) is 8.78 Å². The number of ether oxygens (including phenoxy) is 2. The lowest BCUT2D eigenvalue weighted by molar-refractivity contribution is -0.0648. The minimum absolute atomic E-state index is 0.226. The van der Waals surface area contributed by atoms with Gasteiger partial charge in [0, 0.05) is 7.11 Å². The Morgan fingerprint density at radius 1 is 1.62 bits per heavy atom. The van der Waals surface area contributed by atoms with E-state index < -0.39 is 12.0 Å². The molecule has 16 heavy (non-hydrogen) atoms. The summed E-state index contributed by atoms with van der Waals surface area (Å²) in [7, 11) is 1.57. The first-order valence-electron chi connectivity index (χ1n) is 4.69. The van der Waals surface area contributed by atoms with E-state index in [1.165, 1.54) is 4.68 Å². The van der Waals surface area contributed by atoms with E-state index in [2.05, 4.69) is 5.10 Å². The van der Waals surface area contributed by atoms with Crippen LogP contribution >= 0.6 is 22.6 Å². The van der Waals surface area contributed by atoms with Crippen LogP contribution in [0, 0.1) is 3.57 Å². The first kappa shape index (κ1) is 12.0. The van der Waals surface area contributed by atoms with Crippen LogP contribution in [0.3, 0.4) is 0 Å². The van der Waals surface area contributed by atoms with Gasteiger partial charge in [0.25, 0.3) is 6.43 Å². The Bertz CT molecular complexity index is 410. The lowest BCUT2D eigenvalue weighted by Crippen LogP contribution is -2.43. The van der Waals surface area contributed by atoms with Crippen LogP contribution in [0.15, 0.2) is 0 Å². The van der Waals surface area contributed by atoms with Crippen LogP contribution < -0.4 is 4.74 Å². The normalized spacial score (nSPS) is 24.4. The van der Waals surface area contributed by atoms with E-state index in [0.717, 1.165) is 0 Å². The molecule has 1 aliphatic rings. The Labute approximate surface area is 105 Å². The molecule has 0 aliphatic carbocycles. The molecule has 1 atom stereocenters. The highest BCUT2D eigenvalue weighted by molar-refractivity contribution is 14.1. The summed E-state index contributed by atoms with van der Waals surface area (Å²) in [4.78, 5) is 0. The Hall–Kier alpha value is -0.440. The molecule has 7 heteroatoms. The molecule has 0 fully saturated rings. The zero-order valence-corrected chi connectivity index (χ0v) is 11.0. The second kappa shape index (κ2) is 4.10. The van der Waals surface area contributed by atoms with Crippen LogP contribution in [0.1, 0.15) is 19.0 Å². The summed E-state index contributed by atoms with van der Waals surface area (Å²) in [5.41, 5.74) is -0.738. The molecule has 1 aromatic rings. The quantitative estimate of drug-likeness (QED) is 0.772. The van der Waals surface area contributed by atoms with Crippen molar-refractivity contribution in [1.29, 1.82) is 0 Å². The van der Waals surface area contributed by atoms with Gasteiger partial charge in [-0.2, -0.15) is 5.10 Å². The maximum atomic E-state index is 12.6. The number of aromatic nitrogens is 2. The van der Waals surface area contributed by atoms with E-state index in [-0.39, 0.29) is 5.69 Å². The van der Waals surface area contributed by atoms with Gasteiger partial charge in [-0.25, -0.2) is 13.5 Å². The van der Waals surface area contributed by atoms with Gasteiger partial charge in [0.15, 0.2) is 0 Å². The van der Waals surface area contributed by atoms with Gasteiger partial charge in [0.05, 0.1) is 6.54 Å². The number of hydrogen-bond donors (Lipinski definition) is 0. The first-order valence-corrected chi connectivity index (χ1v) is 5.77. The molecule has 2 rings (SSSR count). The average molecular weight is 344 g/mol. The lowest BCUT2D eigenvalue weighted by Gasteiger charge is -2.32. The second-order valence-corrected chi connectivity index (χ2v) is 4.98. The Morgan fingerprint density at radius 3 is 2.88 bits per heavy atom. The summed E-state index contributed by atoms with van der Waals surface area (Å²) >= 11 is 1.83. The molecule has 1 aromatic heterocycles. The van der Waals surface area contributed by atoms with E-state index >= 15 is 0 Å². The van der Waals surface area contributed by atoms with Crippen molar-refractivity contribution in [3.63, 3.8) is 0 Å². The van der Waals surface area contributed by atoms with E-state index in [1.54, 1.807) is 7.11 Å². The van der Waals surface area contributed by atoms with Crippen molar-refractivity contribution in [1.82, 2.24) is 9.78 Å². The molecule has 0 radical (unpaired) electrons. The van der Waals surface area contributed by atoms with Gasteiger partial charge < -0.3 is 9.47 Å². The first-order chi connectivity index (χ1) is 7.47. The molecule has 0 spiro atoms. The summed E-state index contributed by atoms with van der Waals surface area (Å²) in [6.07, 6.45) is -2.58. The third-order valence-electron chi connectivity index (χ3n) is 2.57. The number of alkyl halides is 2. The third-order valence-corrected chi connectivity index (χ3v) is 3.59. The molecule has 90 valence electrons. The number of halogens is 3. The van der Waals surface area contributed by atoms with E-state index in [4.69, 9.17) is 9.47 Å². The second-order valence-electron chi connectivity index (χ2n) is 3.91. The number of hydrogen-bond acceptors (Lipinski definition) is 3. The molecule has 1 aliphatic heterocycles. The van der Waals surface area contributed by atoms with Gasteiger partial charge in [-0.3, -0.25) is 0 Å². The summed E-state index contributed by atoms with van der Waals surface area (Å²) in [6.45, 7) is 2.61. The van der Waals surface area contributed by atoms with Crippen molar-refractivity contribution in [2.24, 2.45) is 0 Å². The maximum absolute atomic E-state index is 12.6. The van der Waals surface area contributed by atoms with Crippen LogP contribution in [-0.4, -0.2) is 29.1 Å². The monoisotopic (exact) mass is 344 g/mol. The highest BCUT2D eigenvalue weighted by Crippen LogP contribution is 2.35. The van der Waals surface area contributed by atoms with Crippen molar-refractivity contribution in [3.05, 3.63) is 9.26 Å². The SMILES string of the molecule is COC1(C)COc2c(I)c(C(F)F)nn2C1. The van der Waals surface area contributed by atoms with Gasteiger partial charge in [0.2, 0.25) is 5.88 Å². The summed E-state index contributed by atoms with van der Waals surface area (Å²) in [5, 5.41) is 3.85. The highest BCUT2D eigenvalue weighted by atomic mass is 127. The number of methoxy groups -OCH3 is 1. The molecule has 0 aromatic carbocycles. The predicted molar refractivity (Wildman–Crippen MR) is 60.8 cm³/mol. The van der Waals surface area contributed by atoms with Crippen LogP contribution in [-0.2, 0) is 11.3 Å². The Balaban J connectivity index is 2.37. The minimum Gasteiger partial charge on any atom is -0.474 e. The number of rotatable bonds is 2. The van der Waals surface area contributed by atoms with Crippen LogP contribution in [0.2, 0.25) is 0 Å². The fourth-order valence-corrected chi connectivity index (χ4v) is 2.31. The van der Waals surface area contributed by atoms with Crippen LogP contribution in [0.25, 0.3) is 0 Å². The summed E-state index contributed by atoms with van der Waals surface area (Å²) < 4.78 is 37.8. The molecule has 1 unspecified atom stereocenters. The van der Waals surface area contributed by atoms with Gasteiger partial charge in [-0.15, -0.1) is 0 Å². The predicted octanol–water partition coefficient (Wildman–Crippen LogP) is 2.22. The van der Waals surface area contributed by atoms with Crippen molar-refractivity contribution in [2.75, 3.05) is 13.7 Å². The highest BCUT2D eigenvalue weighted by Gasteiger charge is 2.35. The minimum atomic E-state index is -2.58. The number of nitrogens with zero attached hydrogens (tertiary/aromatic N) is 2. The average Bonchev–Trinajstić information content (AvgIpc) is 2.55. The third kappa shape index (κ3) is 1.90. The molecule has 0 saturated heterocycles. The number of fused-ring (bicyclic) bond motifs is 1. The van der Waals surface area contributed by atoms with Gasteiger partial charge in [-0.05, 0) is 29.5 Å². The molecule has 0 N–H and O–H groups in total. The lowest BCUT2D eigenvalue weighted by atomic mass is 10.1. The standard InChI is InChI=1S/C9H11F2IN2O2/c1-9(15-2)3-14-8(16-4-9)5(12)6(13-14)7(10)11/h7H,3-4H2,1-2H3. The zero-order valence-electron chi connectivity index (χ0n) is 8.84. The largest absolute Gasteiger partial charge is 0.474 e. The van der Waals surface area contributed by atoms with E-state index in [0.29, 0.717) is 22.6 Å². The molecule has 0 amide bonds. The van der Waals surface area contributed by atoms with Gasteiger partial charge in [-0.1, -0.05) is 0 Å². The molecular weight excluding hydrogens is 333 g/mol. The maximum Gasteiger partial charge on any atom is 0.283 e. The van der Waals surface area contributed by atoms with Gasteiger partial charge in [0.1, 0.15) is 21.5 Å². The molecule has 0 bridgehead atoms. The molecule has 4 nitrogen and oxygen atoms in total. The van der Waals surface area contributed by atoms with Crippen molar-refractivity contribution >= 4 is 22.6 Å². The summed E-state index contributed by atoms with van der Waals surface area (Å²) in [6, 6.07) is 0. The Kier molecular flexibility index (Phi) is 3.08. The fourth-order valence-electron chi connectivity index (χ4n) is 1.53. The topological polar surface area (TPSA) is 36.3 Å². The fraction of sp³-hybridized carbons (Fsp3) is 0.667. The summed E-state index contributed by atoms with van der Waals surface area (Å²) in [5.74, 6) is 0.408. The smallest absolute Gasteiger partial charge is 0.283 e. The van der Waals surface area contributed by atoms with Crippen LogP contribution in [0.5, 0.6) is 5.88 Å². The molecule has 2 heterocycles. The van der Waals surface area contributed by atoms with Crippen molar-refractivity contribution in [3.8, 4) is 5.88 Å². The van der Waals surface area contributed by atoms with Crippen LogP contribution in [0.4, 0.5) is 8.78 Å². The molecular formula is C9H11F2IN2O2.